The van der Waals surface area contributed by atoms with E-state index in [0.29, 0.717) is 22.6 Å². The third-order valence-corrected chi connectivity index (χ3v) is 4.61. The third-order valence-electron chi connectivity index (χ3n) is 4.27. The van der Waals surface area contributed by atoms with Crippen LogP contribution in [0.3, 0.4) is 0 Å². The molecule has 3 aromatic rings. The molecule has 3 rings (SSSR count). The lowest BCUT2D eigenvalue weighted by atomic mass is 10.1. The van der Waals surface area contributed by atoms with Gasteiger partial charge in [0.15, 0.2) is 0 Å². The highest BCUT2D eigenvalue weighted by molar-refractivity contribution is 6.33. The van der Waals surface area contributed by atoms with Crippen LogP contribution in [-0.4, -0.2) is 16.7 Å². The van der Waals surface area contributed by atoms with E-state index in [-0.39, 0.29) is 10.9 Å². The standard InChI is InChI=1S/C20H15ClF3N3O2/c1-2-27-11-15(19(29)26-25-10-12-5-3-4-6-16(12)21)18(28)14-9-13(20(22,23)24)7-8-17(14)27/h3-11H,2H2,1H3,(H,26,29)/b25-10-. The predicted octanol–water partition coefficient (Wildman–Crippen LogP) is 4.46. The lowest BCUT2D eigenvalue weighted by molar-refractivity contribution is -0.137. The zero-order valence-corrected chi connectivity index (χ0v) is 15.9. The number of amides is 1. The summed E-state index contributed by atoms with van der Waals surface area (Å²) in [4.78, 5) is 25.1. The predicted molar refractivity (Wildman–Crippen MR) is 105 cm³/mol. The van der Waals surface area contributed by atoms with Crippen molar-refractivity contribution in [1.82, 2.24) is 9.99 Å². The second kappa shape index (κ2) is 8.08. The second-order valence-electron chi connectivity index (χ2n) is 6.11. The number of alkyl halides is 3. The quantitative estimate of drug-likeness (QED) is 0.499. The highest BCUT2D eigenvalue weighted by Gasteiger charge is 2.31. The van der Waals surface area contributed by atoms with Crippen LogP contribution in [0, 0.1) is 0 Å². The number of hydrogen-bond acceptors (Lipinski definition) is 3. The van der Waals surface area contributed by atoms with Crippen LogP contribution >= 0.6 is 11.6 Å². The number of nitrogens with zero attached hydrogens (tertiary/aromatic N) is 2. The summed E-state index contributed by atoms with van der Waals surface area (Å²) in [5.74, 6) is -0.834. The molecule has 1 aromatic heterocycles. The van der Waals surface area contributed by atoms with Crippen molar-refractivity contribution in [3.8, 4) is 0 Å². The van der Waals surface area contributed by atoms with Gasteiger partial charge < -0.3 is 4.57 Å². The van der Waals surface area contributed by atoms with Gasteiger partial charge in [0, 0.05) is 28.7 Å². The first-order valence-corrected chi connectivity index (χ1v) is 8.92. The average Bonchev–Trinajstić information content (AvgIpc) is 2.68. The molecule has 0 atom stereocenters. The summed E-state index contributed by atoms with van der Waals surface area (Å²) >= 11 is 5.99. The summed E-state index contributed by atoms with van der Waals surface area (Å²) in [7, 11) is 0. The minimum absolute atomic E-state index is 0.190. The van der Waals surface area contributed by atoms with Crippen LogP contribution in [0.2, 0.25) is 5.02 Å². The van der Waals surface area contributed by atoms with Crippen molar-refractivity contribution in [1.29, 1.82) is 0 Å². The van der Waals surface area contributed by atoms with E-state index in [1.165, 1.54) is 23.0 Å². The van der Waals surface area contributed by atoms with Gasteiger partial charge in [-0.3, -0.25) is 9.59 Å². The van der Waals surface area contributed by atoms with Crippen molar-refractivity contribution in [3.05, 3.63) is 80.6 Å². The molecule has 0 radical (unpaired) electrons. The number of aromatic nitrogens is 1. The molecule has 0 aliphatic carbocycles. The fraction of sp³-hybridized carbons (Fsp3) is 0.150. The van der Waals surface area contributed by atoms with Gasteiger partial charge in [0.25, 0.3) is 5.91 Å². The largest absolute Gasteiger partial charge is 0.416 e. The Labute approximate surface area is 168 Å². The van der Waals surface area contributed by atoms with Crippen molar-refractivity contribution >= 4 is 34.6 Å². The minimum atomic E-state index is -4.60. The van der Waals surface area contributed by atoms with Crippen molar-refractivity contribution in [2.24, 2.45) is 5.10 Å². The number of pyridine rings is 1. The molecular formula is C20H15ClF3N3O2. The number of nitrogens with one attached hydrogen (secondary N) is 1. The number of carbonyl (C=O) groups is 1. The first-order chi connectivity index (χ1) is 13.7. The summed E-state index contributed by atoms with van der Waals surface area (Å²) in [6.45, 7) is 2.10. The van der Waals surface area contributed by atoms with Gasteiger partial charge in [0.05, 0.1) is 17.3 Å². The summed E-state index contributed by atoms with van der Waals surface area (Å²) in [6, 6.07) is 9.67. The van der Waals surface area contributed by atoms with Crippen LogP contribution < -0.4 is 10.9 Å². The molecule has 0 fully saturated rings. The van der Waals surface area contributed by atoms with Gasteiger partial charge in [-0.2, -0.15) is 18.3 Å². The monoisotopic (exact) mass is 421 g/mol. The van der Waals surface area contributed by atoms with Crippen LogP contribution in [0.15, 0.2) is 58.6 Å². The SMILES string of the molecule is CCn1cc(C(=O)N/N=C\c2ccccc2Cl)c(=O)c2cc(C(F)(F)F)ccc21. The number of carbonyl (C=O) groups excluding carboxylic acids is 1. The van der Waals surface area contributed by atoms with Crippen LogP contribution in [0.25, 0.3) is 10.9 Å². The first-order valence-electron chi connectivity index (χ1n) is 8.54. The van der Waals surface area contributed by atoms with E-state index in [1.54, 1.807) is 31.2 Å². The fourth-order valence-electron chi connectivity index (χ4n) is 2.80. The maximum Gasteiger partial charge on any atom is 0.416 e. The number of aryl methyl sites for hydroxylation is 1. The number of hydrogen-bond donors (Lipinski definition) is 1. The normalized spacial score (nSPS) is 11.9. The third kappa shape index (κ3) is 4.32. The van der Waals surface area contributed by atoms with Crippen LogP contribution in [-0.2, 0) is 12.7 Å². The Morgan fingerprint density at radius 2 is 1.97 bits per heavy atom. The fourth-order valence-corrected chi connectivity index (χ4v) is 2.98. The molecule has 5 nitrogen and oxygen atoms in total. The summed E-state index contributed by atoms with van der Waals surface area (Å²) in [5.41, 5.74) is 0.996. The Morgan fingerprint density at radius 1 is 1.24 bits per heavy atom. The zero-order chi connectivity index (χ0) is 21.2. The van der Waals surface area contributed by atoms with E-state index < -0.39 is 23.1 Å². The van der Waals surface area contributed by atoms with Gasteiger partial charge in [-0.25, -0.2) is 5.43 Å². The highest BCUT2D eigenvalue weighted by Crippen LogP contribution is 2.30. The molecule has 150 valence electrons. The molecule has 9 heteroatoms. The molecule has 0 saturated heterocycles. The molecule has 0 aliphatic rings. The number of halogens is 4. The number of fused-ring (bicyclic) bond motifs is 1. The Balaban J connectivity index is 2.00. The van der Waals surface area contributed by atoms with Gasteiger partial charge in [-0.15, -0.1) is 0 Å². The summed E-state index contributed by atoms with van der Waals surface area (Å²) in [5, 5.41) is 4.01. The first kappa shape index (κ1) is 20.6. The topological polar surface area (TPSA) is 63.5 Å². The molecule has 0 saturated carbocycles. The molecule has 0 aliphatic heterocycles. The molecule has 1 heterocycles. The van der Waals surface area contributed by atoms with Crippen LogP contribution in [0.1, 0.15) is 28.4 Å². The molecule has 0 bridgehead atoms. The Kier molecular flexibility index (Phi) is 5.74. The number of rotatable bonds is 4. The van der Waals surface area contributed by atoms with Gasteiger partial charge in [-0.1, -0.05) is 29.8 Å². The molecular weight excluding hydrogens is 407 g/mol. The minimum Gasteiger partial charge on any atom is -0.347 e. The van der Waals surface area contributed by atoms with E-state index in [1.807, 2.05) is 0 Å². The van der Waals surface area contributed by atoms with Crippen molar-refractivity contribution in [3.63, 3.8) is 0 Å². The lowest BCUT2D eigenvalue weighted by Crippen LogP contribution is -2.27. The van der Waals surface area contributed by atoms with Crippen molar-refractivity contribution in [2.45, 2.75) is 19.6 Å². The lowest BCUT2D eigenvalue weighted by Gasteiger charge is -2.13. The molecule has 1 N–H and O–H groups in total. The number of hydrazone groups is 1. The van der Waals surface area contributed by atoms with E-state index in [2.05, 4.69) is 10.5 Å². The Bertz CT molecular complexity index is 1170. The van der Waals surface area contributed by atoms with Crippen LogP contribution in [0.4, 0.5) is 13.2 Å². The van der Waals surface area contributed by atoms with Crippen LogP contribution in [0.5, 0.6) is 0 Å². The zero-order valence-electron chi connectivity index (χ0n) is 15.1. The van der Waals surface area contributed by atoms with E-state index in [9.17, 15) is 22.8 Å². The van der Waals surface area contributed by atoms with Gasteiger partial charge >= 0.3 is 6.18 Å². The van der Waals surface area contributed by atoms with Crippen molar-refractivity contribution < 1.29 is 18.0 Å². The molecule has 2 aromatic carbocycles. The van der Waals surface area contributed by atoms with Gasteiger partial charge in [-0.05, 0) is 31.2 Å². The van der Waals surface area contributed by atoms with E-state index >= 15 is 0 Å². The molecule has 0 spiro atoms. The summed E-state index contributed by atoms with van der Waals surface area (Å²) in [6.07, 6.45) is -1.99. The van der Waals surface area contributed by atoms with Gasteiger partial charge in [0.1, 0.15) is 5.56 Å². The Morgan fingerprint density at radius 3 is 2.62 bits per heavy atom. The molecule has 1 amide bonds. The van der Waals surface area contributed by atoms with E-state index in [4.69, 9.17) is 11.6 Å². The Hall–Kier alpha value is -3.13. The average molecular weight is 422 g/mol. The highest BCUT2D eigenvalue weighted by atomic mass is 35.5. The molecule has 0 unspecified atom stereocenters. The smallest absolute Gasteiger partial charge is 0.347 e. The number of benzene rings is 2. The molecule has 29 heavy (non-hydrogen) atoms. The maximum atomic E-state index is 13.0. The van der Waals surface area contributed by atoms with E-state index in [0.717, 1.165) is 12.1 Å². The summed E-state index contributed by atoms with van der Waals surface area (Å²) < 4.78 is 40.6. The van der Waals surface area contributed by atoms with Crippen molar-refractivity contribution in [2.75, 3.05) is 0 Å². The second-order valence-corrected chi connectivity index (χ2v) is 6.52. The van der Waals surface area contributed by atoms with Gasteiger partial charge in [0.2, 0.25) is 5.43 Å². The maximum absolute atomic E-state index is 13.0.